The van der Waals surface area contributed by atoms with Gasteiger partial charge in [0.05, 0.1) is 0 Å². The third kappa shape index (κ3) is 2.97. The van der Waals surface area contributed by atoms with E-state index in [0.29, 0.717) is 13.2 Å². The highest BCUT2D eigenvalue weighted by molar-refractivity contribution is 5.96. The molecule has 0 aromatic heterocycles. The third-order valence-corrected chi connectivity index (χ3v) is 2.85. The lowest BCUT2D eigenvalue weighted by Crippen LogP contribution is -2.27. The van der Waals surface area contributed by atoms with Crippen molar-refractivity contribution in [3.63, 3.8) is 0 Å². The Hall–Kier alpha value is -1.55. The van der Waals surface area contributed by atoms with Crippen LogP contribution in [0.3, 0.4) is 0 Å². The number of benzene rings is 1. The molecule has 17 heavy (non-hydrogen) atoms. The highest BCUT2D eigenvalue weighted by Crippen LogP contribution is 2.32. The van der Waals surface area contributed by atoms with E-state index in [4.69, 9.17) is 10.5 Å². The first-order chi connectivity index (χ1) is 8.22. The molecule has 2 rings (SSSR count). The molecule has 0 saturated heterocycles. The van der Waals surface area contributed by atoms with Gasteiger partial charge in [-0.3, -0.25) is 4.79 Å². The van der Waals surface area contributed by atoms with Crippen LogP contribution in [0.5, 0.6) is 5.75 Å². The third-order valence-electron chi connectivity index (χ3n) is 2.85. The fourth-order valence-corrected chi connectivity index (χ4v) is 1.69. The van der Waals surface area contributed by atoms with Crippen molar-refractivity contribution in [3.05, 3.63) is 24.3 Å². The van der Waals surface area contributed by atoms with Crippen molar-refractivity contribution in [1.29, 1.82) is 0 Å². The summed E-state index contributed by atoms with van der Waals surface area (Å²) in [7, 11) is 1.81. The van der Waals surface area contributed by atoms with E-state index in [1.165, 1.54) is 0 Å². The summed E-state index contributed by atoms with van der Waals surface area (Å²) in [6.45, 7) is 0.977. The lowest BCUT2D eigenvalue weighted by molar-refractivity contribution is -0.119. The average Bonchev–Trinajstić information content (AvgIpc) is 3.19. The van der Waals surface area contributed by atoms with Crippen LogP contribution < -0.4 is 15.4 Å². The van der Waals surface area contributed by atoms with Gasteiger partial charge in [-0.2, -0.15) is 0 Å². The first-order valence-electron chi connectivity index (χ1n) is 5.93. The Bertz CT molecular complexity index is 402. The van der Waals surface area contributed by atoms with Gasteiger partial charge in [0.15, 0.2) is 0 Å². The van der Waals surface area contributed by atoms with Crippen LogP contribution in [0, 0.1) is 5.92 Å². The van der Waals surface area contributed by atoms with E-state index in [-0.39, 0.29) is 11.8 Å². The molecular formula is C13H18N2O2. The molecule has 92 valence electrons. The molecule has 1 aromatic carbocycles. The number of anilines is 1. The monoisotopic (exact) mass is 234 g/mol. The minimum Gasteiger partial charge on any atom is -0.492 e. The fourth-order valence-electron chi connectivity index (χ4n) is 1.69. The van der Waals surface area contributed by atoms with E-state index in [1.54, 1.807) is 4.90 Å². The Morgan fingerprint density at radius 1 is 1.53 bits per heavy atom. The first kappa shape index (κ1) is 11.9. The fraction of sp³-hybridized carbons (Fsp3) is 0.462. The van der Waals surface area contributed by atoms with E-state index in [1.807, 2.05) is 31.3 Å². The molecule has 4 heteroatoms. The molecular weight excluding hydrogens is 216 g/mol. The Morgan fingerprint density at radius 3 is 2.94 bits per heavy atom. The van der Waals surface area contributed by atoms with Gasteiger partial charge < -0.3 is 15.4 Å². The summed E-state index contributed by atoms with van der Waals surface area (Å²) in [4.78, 5) is 13.6. The Morgan fingerprint density at radius 2 is 2.29 bits per heavy atom. The van der Waals surface area contributed by atoms with Gasteiger partial charge in [-0.1, -0.05) is 6.07 Å². The summed E-state index contributed by atoms with van der Waals surface area (Å²) >= 11 is 0. The van der Waals surface area contributed by atoms with Gasteiger partial charge in [-0.25, -0.2) is 0 Å². The molecule has 1 aromatic rings. The number of carbonyl (C=O) groups is 1. The second-order valence-corrected chi connectivity index (χ2v) is 4.31. The summed E-state index contributed by atoms with van der Waals surface area (Å²) < 4.78 is 5.44. The van der Waals surface area contributed by atoms with Crippen LogP contribution in [0.2, 0.25) is 0 Å². The Balaban J connectivity index is 2.06. The number of amides is 1. The van der Waals surface area contributed by atoms with Crippen molar-refractivity contribution >= 4 is 11.6 Å². The summed E-state index contributed by atoms with van der Waals surface area (Å²) in [6.07, 6.45) is 2.04. The number of hydrogen-bond donors (Lipinski definition) is 1. The number of carbonyl (C=O) groups excluding carboxylic acids is 1. The van der Waals surface area contributed by atoms with Crippen molar-refractivity contribution in [1.82, 2.24) is 0 Å². The molecule has 1 aliphatic rings. The van der Waals surface area contributed by atoms with E-state index in [0.717, 1.165) is 24.3 Å². The zero-order chi connectivity index (χ0) is 12.3. The number of hydrogen-bond acceptors (Lipinski definition) is 3. The maximum absolute atomic E-state index is 11.9. The second-order valence-electron chi connectivity index (χ2n) is 4.31. The van der Waals surface area contributed by atoms with Crippen LogP contribution in [-0.2, 0) is 4.79 Å². The van der Waals surface area contributed by atoms with E-state index >= 15 is 0 Å². The molecule has 0 spiro atoms. The predicted octanol–water partition coefficient (Wildman–Crippen LogP) is 1.40. The molecule has 1 saturated carbocycles. The van der Waals surface area contributed by atoms with Gasteiger partial charge in [0, 0.05) is 31.3 Å². The van der Waals surface area contributed by atoms with Crippen LogP contribution in [0.4, 0.5) is 5.69 Å². The van der Waals surface area contributed by atoms with Gasteiger partial charge in [0.25, 0.3) is 0 Å². The molecule has 0 atom stereocenters. The number of nitrogens with zero attached hydrogens (tertiary/aromatic N) is 1. The SMILES string of the molecule is CN(C(=O)C1CC1)c1cccc(OCCN)c1. The zero-order valence-corrected chi connectivity index (χ0v) is 10.1. The van der Waals surface area contributed by atoms with Crippen LogP contribution in [0.1, 0.15) is 12.8 Å². The molecule has 0 unspecified atom stereocenters. The molecule has 4 nitrogen and oxygen atoms in total. The standard InChI is InChI=1S/C13H18N2O2/c1-15(13(16)10-5-6-10)11-3-2-4-12(9-11)17-8-7-14/h2-4,9-10H,5-8,14H2,1H3. The quantitative estimate of drug-likeness (QED) is 0.837. The van der Waals surface area contributed by atoms with Gasteiger partial charge >= 0.3 is 0 Å². The molecule has 1 fully saturated rings. The maximum Gasteiger partial charge on any atom is 0.229 e. The largest absolute Gasteiger partial charge is 0.492 e. The van der Waals surface area contributed by atoms with Gasteiger partial charge in [-0.15, -0.1) is 0 Å². The second kappa shape index (κ2) is 5.19. The molecule has 1 amide bonds. The van der Waals surface area contributed by atoms with Crippen LogP contribution in [0.25, 0.3) is 0 Å². The highest BCUT2D eigenvalue weighted by atomic mass is 16.5. The first-order valence-corrected chi connectivity index (χ1v) is 5.93. The lowest BCUT2D eigenvalue weighted by Gasteiger charge is -2.18. The van der Waals surface area contributed by atoms with Gasteiger partial charge in [0.2, 0.25) is 5.91 Å². The summed E-state index contributed by atoms with van der Waals surface area (Å²) in [5.41, 5.74) is 6.25. The van der Waals surface area contributed by atoms with E-state index < -0.39 is 0 Å². The Labute approximate surface area is 101 Å². The lowest BCUT2D eigenvalue weighted by atomic mass is 10.2. The Kier molecular flexibility index (Phi) is 3.64. The maximum atomic E-state index is 11.9. The van der Waals surface area contributed by atoms with Crippen molar-refractivity contribution in [2.24, 2.45) is 11.7 Å². The van der Waals surface area contributed by atoms with Crippen LogP contribution in [-0.4, -0.2) is 26.1 Å². The van der Waals surface area contributed by atoms with Crippen molar-refractivity contribution in [2.45, 2.75) is 12.8 Å². The van der Waals surface area contributed by atoms with E-state index in [2.05, 4.69) is 0 Å². The normalized spacial score (nSPS) is 14.5. The minimum absolute atomic E-state index is 0.195. The van der Waals surface area contributed by atoms with Crippen LogP contribution in [0.15, 0.2) is 24.3 Å². The molecule has 0 heterocycles. The molecule has 0 radical (unpaired) electrons. The molecule has 0 bridgehead atoms. The summed E-state index contributed by atoms with van der Waals surface area (Å²) in [5, 5.41) is 0. The van der Waals surface area contributed by atoms with Gasteiger partial charge in [0.1, 0.15) is 12.4 Å². The van der Waals surface area contributed by atoms with Crippen molar-refractivity contribution < 1.29 is 9.53 Å². The number of ether oxygens (including phenoxy) is 1. The van der Waals surface area contributed by atoms with Gasteiger partial charge in [-0.05, 0) is 25.0 Å². The summed E-state index contributed by atoms with van der Waals surface area (Å²) in [6, 6.07) is 7.54. The van der Waals surface area contributed by atoms with E-state index in [9.17, 15) is 4.79 Å². The zero-order valence-electron chi connectivity index (χ0n) is 10.1. The van der Waals surface area contributed by atoms with Crippen molar-refractivity contribution in [3.8, 4) is 5.75 Å². The average molecular weight is 234 g/mol. The highest BCUT2D eigenvalue weighted by Gasteiger charge is 2.32. The summed E-state index contributed by atoms with van der Waals surface area (Å²) in [5.74, 6) is 1.18. The smallest absolute Gasteiger partial charge is 0.229 e. The number of rotatable bonds is 5. The topological polar surface area (TPSA) is 55.6 Å². The predicted molar refractivity (Wildman–Crippen MR) is 67.1 cm³/mol. The molecule has 2 N–H and O–H groups in total. The molecule has 0 aliphatic heterocycles. The molecule has 1 aliphatic carbocycles. The number of nitrogens with two attached hydrogens (primary N) is 1. The van der Waals surface area contributed by atoms with Crippen LogP contribution >= 0.6 is 0 Å². The minimum atomic E-state index is 0.195. The van der Waals surface area contributed by atoms with Crippen molar-refractivity contribution in [2.75, 3.05) is 25.1 Å².